The summed E-state index contributed by atoms with van der Waals surface area (Å²) in [4.78, 5) is 0. The molecule has 4 nitrogen and oxygen atoms in total. The van der Waals surface area contributed by atoms with Crippen LogP contribution in [0.4, 0.5) is 0 Å². The van der Waals surface area contributed by atoms with E-state index in [-0.39, 0.29) is 0 Å². The summed E-state index contributed by atoms with van der Waals surface area (Å²) in [5.74, 6) is 0. The van der Waals surface area contributed by atoms with Crippen LogP contribution in [-0.4, -0.2) is 26.3 Å². The second kappa shape index (κ2) is 4.98. The largest absolute Gasteiger partial charge is 0.622 e. The van der Waals surface area contributed by atoms with Crippen molar-refractivity contribution in [3.05, 3.63) is 77.0 Å². The predicted molar refractivity (Wildman–Crippen MR) is 81.1 cm³/mol. The van der Waals surface area contributed by atoms with Gasteiger partial charge in [-0.2, -0.15) is 4.74 Å². The lowest BCUT2D eigenvalue weighted by Gasteiger charge is -2.25. The monoisotopic (exact) mass is 282 g/mol. The van der Waals surface area contributed by atoms with E-state index in [0.717, 1.165) is 20.9 Å². The summed E-state index contributed by atoms with van der Waals surface area (Å²) in [5, 5.41) is 24.5. The minimum absolute atomic E-state index is 0.569. The molecule has 0 bridgehead atoms. The predicted octanol–water partition coefficient (Wildman–Crippen LogP) is 3.17. The zero-order valence-electron chi connectivity index (χ0n) is 12.1. The van der Waals surface area contributed by atoms with E-state index < -0.39 is 11.7 Å². The zero-order valence-corrected chi connectivity index (χ0v) is 12.1. The Morgan fingerprint density at radius 2 is 1.52 bits per heavy atom. The van der Waals surface area contributed by atoms with Gasteiger partial charge >= 0.3 is 0 Å². The molecule has 0 fully saturated rings. The van der Waals surface area contributed by atoms with E-state index in [1.807, 2.05) is 74.5 Å². The van der Waals surface area contributed by atoms with Gasteiger partial charge in [0.25, 0.3) is 6.17 Å². The SMILES string of the molecule is CC1(C)C(c2ccccc2)=[N+]([O-])C(c2ccccc2)N1O. The third-order valence-corrected chi connectivity index (χ3v) is 3.97. The Labute approximate surface area is 124 Å². The molecule has 1 atom stereocenters. The molecule has 0 spiro atoms. The van der Waals surface area contributed by atoms with Gasteiger partial charge in [-0.25, -0.2) is 0 Å². The summed E-state index contributed by atoms with van der Waals surface area (Å²) in [6, 6.07) is 18.8. The second-order valence-corrected chi connectivity index (χ2v) is 5.73. The first-order valence-corrected chi connectivity index (χ1v) is 6.96. The van der Waals surface area contributed by atoms with E-state index in [9.17, 15) is 10.4 Å². The van der Waals surface area contributed by atoms with Gasteiger partial charge in [-0.15, -0.1) is 5.06 Å². The first kappa shape index (κ1) is 13.8. The molecule has 0 radical (unpaired) electrons. The molecule has 0 aromatic heterocycles. The summed E-state index contributed by atoms with van der Waals surface area (Å²) >= 11 is 0. The van der Waals surface area contributed by atoms with Gasteiger partial charge in [-0.05, 0) is 26.0 Å². The summed E-state index contributed by atoms with van der Waals surface area (Å²) < 4.78 is 0.907. The van der Waals surface area contributed by atoms with Crippen LogP contribution >= 0.6 is 0 Å². The fourth-order valence-electron chi connectivity index (χ4n) is 2.88. The van der Waals surface area contributed by atoms with Gasteiger partial charge in [0.05, 0.1) is 0 Å². The molecule has 2 aromatic carbocycles. The van der Waals surface area contributed by atoms with Crippen LogP contribution in [0.3, 0.4) is 0 Å². The summed E-state index contributed by atoms with van der Waals surface area (Å²) in [6.07, 6.45) is -0.726. The first-order chi connectivity index (χ1) is 10.0. The minimum Gasteiger partial charge on any atom is -0.622 e. The van der Waals surface area contributed by atoms with Crippen LogP contribution in [0.5, 0.6) is 0 Å². The van der Waals surface area contributed by atoms with E-state index in [1.165, 1.54) is 0 Å². The molecule has 1 N–H and O–H groups in total. The molecule has 21 heavy (non-hydrogen) atoms. The lowest BCUT2D eigenvalue weighted by molar-refractivity contribution is -0.544. The molecule has 0 saturated carbocycles. The van der Waals surface area contributed by atoms with Crippen LogP contribution < -0.4 is 0 Å². The van der Waals surface area contributed by atoms with Gasteiger partial charge in [0.1, 0.15) is 5.54 Å². The smallest absolute Gasteiger partial charge is 0.268 e. The van der Waals surface area contributed by atoms with Gasteiger partial charge in [-0.3, -0.25) is 0 Å². The number of benzene rings is 2. The van der Waals surface area contributed by atoms with Gasteiger partial charge in [-0.1, -0.05) is 48.5 Å². The van der Waals surface area contributed by atoms with E-state index in [1.54, 1.807) is 0 Å². The lowest BCUT2D eigenvalue weighted by Crippen LogP contribution is -2.44. The molecule has 1 aliphatic heterocycles. The van der Waals surface area contributed by atoms with E-state index in [4.69, 9.17) is 0 Å². The molecule has 0 amide bonds. The zero-order chi connectivity index (χ0) is 15.0. The number of hydroxylamine groups is 3. The number of nitrogens with zero attached hydrogens (tertiary/aromatic N) is 2. The Morgan fingerprint density at radius 3 is 2.10 bits per heavy atom. The van der Waals surface area contributed by atoms with Gasteiger partial charge in [0, 0.05) is 11.1 Å². The van der Waals surface area contributed by atoms with Crippen LogP contribution in [0.15, 0.2) is 60.7 Å². The topological polar surface area (TPSA) is 49.5 Å². The molecular weight excluding hydrogens is 264 g/mol. The van der Waals surface area contributed by atoms with Crippen molar-refractivity contribution >= 4 is 5.71 Å². The van der Waals surface area contributed by atoms with Gasteiger partial charge < -0.3 is 10.4 Å². The highest BCUT2D eigenvalue weighted by Gasteiger charge is 2.52. The average Bonchev–Trinajstić information content (AvgIpc) is 2.67. The maximum Gasteiger partial charge on any atom is 0.268 e. The third kappa shape index (κ3) is 2.13. The maximum absolute atomic E-state index is 12.8. The quantitative estimate of drug-likeness (QED) is 0.680. The fourth-order valence-corrected chi connectivity index (χ4v) is 2.88. The van der Waals surface area contributed by atoms with Crippen LogP contribution in [0.1, 0.15) is 31.1 Å². The van der Waals surface area contributed by atoms with Crippen molar-refractivity contribution in [3.63, 3.8) is 0 Å². The highest BCUT2D eigenvalue weighted by molar-refractivity contribution is 6.04. The van der Waals surface area contributed by atoms with Crippen LogP contribution in [0, 0.1) is 5.21 Å². The molecule has 2 aromatic rings. The molecule has 0 saturated heterocycles. The fraction of sp³-hybridized carbons (Fsp3) is 0.235. The highest BCUT2D eigenvalue weighted by Crippen LogP contribution is 2.36. The third-order valence-electron chi connectivity index (χ3n) is 3.97. The van der Waals surface area contributed by atoms with Crippen LogP contribution in [-0.2, 0) is 0 Å². The summed E-state index contributed by atoms with van der Waals surface area (Å²) in [6.45, 7) is 3.70. The van der Waals surface area contributed by atoms with Crippen molar-refractivity contribution in [3.8, 4) is 0 Å². The average molecular weight is 282 g/mol. The lowest BCUT2D eigenvalue weighted by atomic mass is 9.93. The Hall–Kier alpha value is -2.17. The number of rotatable bonds is 2. The van der Waals surface area contributed by atoms with Gasteiger partial charge in [0.2, 0.25) is 5.71 Å². The van der Waals surface area contributed by atoms with Crippen molar-refractivity contribution in [2.24, 2.45) is 0 Å². The molecule has 0 aliphatic carbocycles. The Morgan fingerprint density at radius 1 is 1.00 bits per heavy atom. The number of hydrogen-bond acceptors (Lipinski definition) is 3. The van der Waals surface area contributed by atoms with Crippen LogP contribution in [0.2, 0.25) is 0 Å². The Kier molecular flexibility index (Phi) is 3.27. The van der Waals surface area contributed by atoms with E-state index in [2.05, 4.69) is 0 Å². The molecule has 1 heterocycles. The highest BCUT2D eigenvalue weighted by atomic mass is 16.5. The van der Waals surface area contributed by atoms with Gasteiger partial charge in [0.15, 0.2) is 0 Å². The Balaban J connectivity index is 2.15. The van der Waals surface area contributed by atoms with Crippen molar-refractivity contribution in [2.45, 2.75) is 25.6 Å². The second-order valence-electron chi connectivity index (χ2n) is 5.73. The first-order valence-electron chi connectivity index (χ1n) is 6.96. The summed E-state index contributed by atoms with van der Waals surface area (Å²) in [5.41, 5.74) is 1.41. The minimum atomic E-state index is -0.760. The van der Waals surface area contributed by atoms with Crippen molar-refractivity contribution in [2.75, 3.05) is 0 Å². The molecule has 1 aliphatic rings. The van der Waals surface area contributed by atoms with Crippen molar-refractivity contribution < 1.29 is 9.95 Å². The maximum atomic E-state index is 12.8. The Bertz CT molecular complexity index is 666. The van der Waals surface area contributed by atoms with Crippen molar-refractivity contribution in [1.82, 2.24) is 5.06 Å². The van der Waals surface area contributed by atoms with E-state index in [0.29, 0.717) is 5.71 Å². The molecular formula is C17H18N2O2. The van der Waals surface area contributed by atoms with Crippen molar-refractivity contribution in [1.29, 1.82) is 0 Å². The molecule has 1 unspecified atom stereocenters. The summed E-state index contributed by atoms with van der Waals surface area (Å²) in [7, 11) is 0. The van der Waals surface area contributed by atoms with E-state index >= 15 is 0 Å². The molecule has 108 valence electrons. The molecule has 3 rings (SSSR count). The number of hydrogen-bond donors (Lipinski definition) is 1. The standard InChI is InChI=1S/C17H18N2O2/c1-17(2)15(13-9-5-3-6-10-13)18(20)16(19(17)21)14-11-7-4-8-12-14/h3-12,16,21H,1-2H3. The normalized spacial score (nSPS) is 21.8. The van der Waals surface area contributed by atoms with Crippen LogP contribution in [0.25, 0.3) is 0 Å². The molecule has 4 heteroatoms.